The van der Waals surface area contributed by atoms with E-state index in [1.807, 2.05) is 0 Å². The van der Waals surface area contributed by atoms with Gasteiger partial charge in [-0.1, -0.05) is 143 Å². The molecule has 1 saturated carbocycles. The summed E-state index contributed by atoms with van der Waals surface area (Å²) < 4.78 is 11.5. The lowest BCUT2D eigenvalue weighted by molar-refractivity contribution is -0.150. The molecule has 1 rings (SSSR count). The Balaban J connectivity index is 2.08. The van der Waals surface area contributed by atoms with Crippen molar-refractivity contribution < 1.29 is 24.2 Å². The van der Waals surface area contributed by atoms with E-state index in [9.17, 15) is 14.7 Å². The number of carbonyl (C=O) groups excluding carboxylic acids is 2. The van der Waals surface area contributed by atoms with Gasteiger partial charge in [-0.05, 0) is 89.1 Å². The molecular weight excluding hydrogens is 622 g/mol. The zero-order valence-electron chi connectivity index (χ0n) is 33.7. The normalized spacial score (nSPS) is 16.1. The number of ether oxygens (including phenoxy) is 2. The third kappa shape index (κ3) is 28.4. The van der Waals surface area contributed by atoms with Crippen molar-refractivity contribution in [2.45, 2.75) is 226 Å². The molecule has 1 N–H and O–H groups in total. The SMILES string of the molecule is CCCCCCCCC(CCCCCCCC)OC(=O)CCCCCCCN(CCO)CCCCCCCC(=O)OCCC1CCC(CC)C1. The number of esters is 2. The Hall–Kier alpha value is -1.14. The second-order valence-corrected chi connectivity index (χ2v) is 15.8. The number of aliphatic hydroxyl groups is 1. The lowest BCUT2D eigenvalue weighted by atomic mass is 10.0. The van der Waals surface area contributed by atoms with Gasteiger partial charge < -0.3 is 19.5 Å². The number of carbonyl (C=O) groups is 2. The molecule has 296 valence electrons. The molecule has 0 radical (unpaired) electrons. The molecule has 2 unspecified atom stereocenters. The number of aliphatic hydroxyl groups excluding tert-OH is 1. The number of nitrogens with zero attached hydrogens (tertiary/aromatic N) is 1. The minimum absolute atomic E-state index is 0.0145. The van der Waals surface area contributed by atoms with Crippen molar-refractivity contribution in [1.82, 2.24) is 4.90 Å². The first-order valence-electron chi connectivity index (χ1n) is 22.2. The number of hydrogen-bond acceptors (Lipinski definition) is 6. The fourth-order valence-corrected chi connectivity index (χ4v) is 7.78. The van der Waals surface area contributed by atoms with E-state index in [0.717, 1.165) is 102 Å². The van der Waals surface area contributed by atoms with E-state index >= 15 is 0 Å². The average Bonchev–Trinajstić information content (AvgIpc) is 3.58. The Morgan fingerprint density at radius 1 is 0.600 bits per heavy atom. The van der Waals surface area contributed by atoms with Gasteiger partial charge in [0, 0.05) is 19.4 Å². The first-order valence-corrected chi connectivity index (χ1v) is 22.2. The van der Waals surface area contributed by atoms with Crippen molar-refractivity contribution in [3.05, 3.63) is 0 Å². The van der Waals surface area contributed by atoms with Gasteiger partial charge in [-0.3, -0.25) is 9.59 Å². The molecule has 0 aromatic heterocycles. The first kappa shape index (κ1) is 46.9. The monoisotopic (exact) mass is 708 g/mol. The highest BCUT2D eigenvalue weighted by Gasteiger charge is 2.23. The lowest BCUT2D eigenvalue weighted by Gasteiger charge is -2.21. The van der Waals surface area contributed by atoms with Crippen LogP contribution in [0.5, 0.6) is 0 Å². The maximum atomic E-state index is 12.7. The summed E-state index contributed by atoms with van der Waals surface area (Å²) in [5, 5.41) is 9.55. The second-order valence-electron chi connectivity index (χ2n) is 15.8. The van der Waals surface area contributed by atoms with Gasteiger partial charge in [0.25, 0.3) is 0 Å². The van der Waals surface area contributed by atoms with E-state index in [2.05, 4.69) is 25.7 Å². The highest BCUT2D eigenvalue weighted by Crippen LogP contribution is 2.34. The van der Waals surface area contributed by atoms with E-state index in [4.69, 9.17) is 9.47 Å². The fourth-order valence-electron chi connectivity index (χ4n) is 7.78. The maximum Gasteiger partial charge on any atom is 0.306 e. The van der Waals surface area contributed by atoms with Gasteiger partial charge in [-0.2, -0.15) is 0 Å². The molecule has 0 spiro atoms. The van der Waals surface area contributed by atoms with Gasteiger partial charge in [0.15, 0.2) is 0 Å². The summed E-state index contributed by atoms with van der Waals surface area (Å²) in [6.45, 7) is 10.4. The molecule has 0 bridgehead atoms. The Morgan fingerprint density at radius 3 is 1.60 bits per heavy atom. The number of hydrogen-bond donors (Lipinski definition) is 1. The van der Waals surface area contributed by atoms with Gasteiger partial charge in [0.05, 0.1) is 13.2 Å². The predicted octanol–water partition coefficient (Wildman–Crippen LogP) is 12.1. The van der Waals surface area contributed by atoms with Gasteiger partial charge in [0.2, 0.25) is 0 Å². The van der Waals surface area contributed by atoms with Crippen molar-refractivity contribution in [3.8, 4) is 0 Å². The Morgan fingerprint density at radius 2 is 1.08 bits per heavy atom. The summed E-state index contributed by atoms with van der Waals surface area (Å²) in [6, 6.07) is 0. The van der Waals surface area contributed by atoms with Crippen LogP contribution in [0.15, 0.2) is 0 Å². The number of rotatable bonds is 37. The van der Waals surface area contributed by atoms with Crippen LogP contribution in [0.1, 0.15) is 220 Å². The van der Waals surface area contributed by atoms with Crippen molar-refractivity contribution in [1.29, 1.82) is 0 Å². The molecular formula is C44H85NO5. The molecule has 0 saturated heterocycles. The first-order chi connectivity index (χ1) is 24.5. The summed E-state index contributed by atoms with van der Waals surface area (Å²) >= 11 is 0. The molecule has 0 aromatic rings. The van der Waals surface area contributed by atoms with Crippen molar-refractivity contribution in [2.75, 3.05) is 32.8 Å². The van der Waals surface area contributed by atoms with Gasteiger partial charge in [0.1, 0.15) is 6.10 Å². The average molecular weight is 708 g/mol. The van der Waals surface area contributed by atoms with Crippen molar-refractivity contribution in [2.24, 2.45) is 11.8 Å². The van der Waals surface area contributed by atoms with Gasteiger partial charge in [-0.25, -0.2) is 0 Å². The van der Waals surface area contributed by atoms with Crippen LogP contribution in [0, 0.1) is 11.8 Å². The van der Waals surface area contributed by atoms with Crippen LogP contribution in [0.3, 0.4) is 0 Å². The summed E-state index contributed by atoms with van der Waals surface area (Å²) in [6.07, 6.45) is 36.0. The summed E-state index contributed by atoms with van der Waals surface area (Å²) in [4.78, 5) is 27.2. The topological polar surface area (TPSA) is 76.1 Å². The third-order valence-electron chi connectivity index (χ3n) is 11.2. The molecule has 0 aliphatic heterocycles. The minimum atomic E-state index is -0.0182. The summed E-state index contributed by atoms with van der Waals surface area (Å²) in [7, 11) is 0. The molecule has 0 heterocycles. The largest absolute Gasteiger partial charge is 0.466 e. The molecule has 6 heteroatoms. The van der Waals surface area contributed by atoms with Crippen LogP contribution in [0.2, 0.25) is 0 Å². The molecule has 1 aliphatic carbocycles. The predicted molar refractivity (Wildman–Crippen MR) is 211 cm³/mol. The van der Waals surface area contributed by atoms with Crippen LogP contribution in [0.4, 0.5) is 0 Å². The van der Waals surface area contributed by atoms with Gasteiger partial charge >= 0.3 is 11.9 Å². The summed E-state index contributed by atoms with van der Waals surface area (Å²) in [5.74, 6) is 1.65. The molecule has 6 nitrogen and oxygen atoms in total. The van der Waals surface area contributed by atoms with Crippen LogP contribution in [0.25, 0.3) is 0 Å². The Bertz CT molecular complexity index is 745. The maximum absolute atomic E-state index is 12.7. The van der Waals surface area contributed by atoms with Crippen LogP contribution in [-0.4, -0.2) is 60.9 Å². The van der Waals surface area contributed by atoms with E-state index < -0.39 is 0 Å². The van der Waals surface area contributed by atoms with Crippen LogP contribution in [-0.2, 0) is 19.1 Å². The molecule has 1 fully saturated rings. The zero-order valence-corrected chi connectivity index (χ0v) is 33.7. The quantitative estimate of drug-likeness (QED) is 0.0512. The summed E-state index contributed by atoms with van der Waals surface area (Å²) in [5.41, 5.74) is 0. The third-order valence-corrected chi connectivity index (χ3v) is 11.2. The molecule has 2 atom stereocenters. The van der Waals surface area contributed by atoms with Gasteiger partial charge in [-0.15, -0.1) is 0 Å². The molecule has 0 amide bonds. The highest BCUT2D eigenvalue weighted by atomic mass is 16.5. The number of unbranched alkanes of at least 4 members (excludes halogenated alkanes) is 18. The van der Waals surface area contributed by atoms with E-state index in [-0.39, 0.29) is 24.6 Å². The smallest absolute Gasteiger partial charge is 0.306 e. The van der Waals surface area contributed by atoms with Crippen LogP contribution >= 0.6 is 0 Å². The molecule has 1 aliphatic rings. The Kier molecular flexibility index (Phi) is 32.7. The molecule has 50 heavy (non-hydrogen) atoms. The van der Waals surface area contributed by atoms with E-state index in [1.165, 1.54) is 116 Å². The molecule has 0 aromatic carbocycles. The van der Waals surface area contributed by atoms with E-state index in [0.29, 0.717) is 19.4 Å². The minimum Gasteiger partial charge on any atom is -0.466 e. The van der Waals surface area contributed by atoms with Crippen molar-refractivity contribution in [3.63, 3.8) is 0 Å². The zero-order chi connectivity index (χ0) is 36.3. The lowest BCUT2D eigenvalue weighted by Crippen LogP contribution is -2.29. The van der Waals surface area contributed by atoms with Crippen molar-refractivity contribution >= 4 is 11.9 Å². The van der Waals surface area contributed by atoms with E-state index in [1.54, 1.807) is 0 Å². The highest BCUT2D eigenvalue weighted by molar-refractivity contribution is 5.69. The standard InChI is InChI=1S/C44H85NO5/c1-4-7-9-11-15-21-27-42(28-22-16-12-10-8-5-2)50-44(48)30-24-18-14-20-26-35-45(36-37-46)34-25-19-13-17-23-29-43(47)49-38-33-41-32-31-40(6-3)39-41/h40-42,46H,4-39H2,1-3H3. The fraction of sp³-hybridized carbons (Fsp3) is 0.955. The van der Waals surface area contributed by atoms with Crippen LogP contribution < -0.4 is 0 Å². The second kappa shape index (κ2) is 34.9. The Labute approximate surface area is 311 Å².